The summed E-state index contributed by atoms with van der Waals surface area (Å²) >= 11 is 0. The van der Waals surface area contributed by atoms with E-state index in [9.17, 15) is 0 Å². The molecule has 0 bridgehead atoms. The van der Waals surface area contributed by atoms with E-state index in [1.807, 2.05) is 17.8 Å². The zero-order valence-corrected chi connectivity index (χ0v) is 11.2. The summed E-state index contributed by atoms with van der Waals surface area (Å²) in [5.74, 6) is 0.977. The van der Waals surface area contributed by atoms with Gasteiger partial charge in [-0.1, -0.05) is 6.08 Å². The van der Waals surface area contributed by atoms with E-state index in [-0.39, 0.29) is 0 Å². The van der Waals surface area contributed by atoms with Crippen molar-refractivity contribution in [1.29, 1.82) is 0 Å². The molecular weight excluding hydrogens is 238 g/mol. The highest BCUT2D eigenvalue weighted by molar-refractivity contribution is 5.84. The fraction of sp³-hybridized carbons (Fsp3) is 0.400. The predicted octanol–water partition coefficient (Wildman–Crippen LogP) is 0.427. The van der Waals surface area contributed by atoms with Gasteiger partial charge >= 0.3 is 0 Å². The smallest absolute Gasteiger partial charge is 0.126 e. The second-order valence-corrected chi connectivity index (χ2v) is 4.75. The van der Waals surface area contributed by atoms with Crippen molar-refractivity contribution >= 4 is 11.6 Å². The lowest BCUT2D eigenvalue weighted by molar-refractivity contribution is 0.241. The average Bonchev–Trinajstić information content (AvgIpc) is 2.97. The molecular formula is C15H19N3O. The number of allylic oxidation sites excluding steroid dienone is 3. The summed E-state index contributed by atoms with van der Waals surface area (Å²) < 4.78 is 7.76. The standard InChI is InChI=1S/C15H19N3O/c1-2-19-15-6-3-5-11-12(15)9-14-13(11)10-17-18(14)8-4-7-16/h3,6,9-10H,2,4-5,7-8,16H2,1H3. The molecule has 0 unspecified atom stereocenters. The number of hydrogen-bond acceptors (Lipinski definition) is 3. The summed E-state index contributed by atoms with van der Waals surface area (Å²) in [6, 6.07) is 0. The van der Waals surface area contributed by atoms with Gasteiger partial charge in [-0.25, -0.2) is 0 Å². The Morgan fingerprint density at radius 2 is 2.37 bits per heavy atom. The highest BCUT2D eigenvalue weighted by Crippen LogP contribution is 2.28. The number of aryl methyl sites for hydroxylation is 1. The summed E-state index contributed by atoms with van der Waals surface area (Å²) in [7, 11) is 0. The van der Waals surface area contributed by atoms with Crippen LogP contribution in [-0.2, 0) is 11.3 Å². The maximum Gasteiger partial charge on any atom is 0.126 e. The number of nitrogens with two attached hydrogens (primary N) is 1. The Labute approximate surface area is 112 Å². The van der Waals surface area contributed by atoms with Gasteiger partial charge in [0.25, 0.3) is 0 Å². The normalized spacial score (nSPS) is 16.4. The number of nitrogens with zero attached hydrogens (tertiary/aromatic N) is 2. The number of rotatable bonds is 5. The van der Waals surface area contributed by atoms with E-state index in [1.54, 1.807) is 0 Å². The van der Waals surface area contributed by atoms with E-state index in [0.29, 0.717) is 13.2 Å². The molecule has 0 saturated heterocycles. The first-order chi connectivity index (χ1) is 9.35. The van der Waals surface area contributed by atoms with Gasteiger partial charge in [-0.05, 0) is 44.0 Å². The van der Waals surface area contributed by atoms with E-state index in [0.717, 1.165) is 25.1 Å². The van der Waals surface area contributed by atoms with Crippen LogP contribution in [0.1, 0.15) is 19.8 Å². The highest BCUT2D eigenvalue weighted by Gasteiger charge is 2.20. The van der Waals surface area contributed by atoms with Crippen LogP contribution >= 0.6 is 0 Å². The first kappa shape index (κ1) is 12.2. The Morgan fingerprint density at radius 1 is 1.47 bits per heavy atom. The maximum atomic E-state index is 5.71. The van der Waals surface area contributed by atoms with Crippen LogP contribution in [0.4, 0.5) is 0 Å². The molecule has 0 spiro atoms. The molecule has 0 amide bonds. The van der Waals surface area contributed by atoms with Crippen molar-refractivity contribution in [3.63, 3.8) is 0 Å². The third kappa shape index (κ3) is 2.02. The van der Waals surface area contributed by atoms with Gasteiger partial charge in [0.05, 0.1) is 18.2 Å². The molecule has 0 atom stereocenters. The third-order valence-electron chi connectivity index (χ3n) is 3.54. The molecule has 0 aromatic carbocycles. The van der Waals surface area contributed by atoms with Crippen LogP contribution in [0.15, 0.2) is 29.7 Å². The minimum atomic E-state index is 0.694. The van der Waals surface area contributed by atoms with Gasteiger partial charge in [0, 0.05) is 17.3 Å². The SMILES string of the molecule is CCOC1=C2C=c3c(cnn3CCCN)=C2CC=C1. The van der Waals surface area contributed by atoms with Gasteiger partial charge in [0.15, 0.2) is 0 Å². The molecule has 0 saturated carbocycles. The number of fused-ring (bicyclic) bond motifs is 2. The van der Waals surface area contributed by atoms with Gasteiger partial charge in [0.1, 0.15) is 5.76 Å². The summed E-state index contributed by atoms with van der Waals surface area (Å²) in [6.45, 7) is 4.28. The molecule has 4 nitrogen and oxygen atoms in total. The first-order valence-electron chi connectivity index (χ1n) is 6.86. The molecule has 2 aliphatic rings. The Morgan fingerprint density at radius 3 is 3.16 bits per heavy atom. The van der Waals surface area contributed by atoms with Crippen LogP contribution in [0.3, 0.4) is 0 Å². The second-order valence-electron chi connectivity index (χ2n) is 4.75. The van der Waals surface area contributed by atoms with Gasteiger partial charge in [-0.2, -0.15) is 5.10 Å². The molecule has 2 N–H and O–H groups in total. The summed E-state index contributed by atoms with van der Waals surface area (Å²) in [4.78, 5) is 0. The molecule has 19 heavy (non-hydrogen) atoms. The summed E-state index contributed by atoms with van der Waals surface area (Å²) in [5.41, 5.74) is 8.13. The number of aromatic nitrogens is 2. The zero-order valence-electron chi connectivity index (χ0n) is 11.2. The highest BCUT2D eigenvalue weighted by atomic mass is 16.5. The van der Waals surface area contributed by atoms with Crippen LogP contribution < -0.4 is 16.3 Å². The molecule has 100 valence electrons. The van der Waals surface area contributed by atoms with Crippen LogP contribution in [0.25, 0.3) is 11.6 Å². The predicted molar refractivity (Wildman–Crippen MR) is 75.4 cm³/mol. The molecule has 0 fully saturated rings. The Bertz CT molecular complexity index is 664. The van der Waals surface area contributed by atoms with Crippen molar-refractivity contribution in [1.82, 2.24) is 9.78 Å². The fourth-order valence-corrected chi connectivity index (χ4v) is 2.66. The van der Waals surface area contributed by atoms with E-state index in [4.69, 9.17) is 10.5 Å². The van der Waals surface area contributed by atoms with E-state index < -0.39 is 0 Å². The molecule has 1 heterocycles. The molecule has 4 heteroatoms. The van der Waals surface area contributed by atoms with Crippen molar-refractivity contribution in [2.45, 2.75) is 26.3 Å². The van der Waals surface area contributed by atoms with Crippen LogP contribution in [0.2, 0.25) is 0 Å². The Kier molecular flexibility index (Phi) is 3.25. The molecule has 0 aliphatic heterocycles. The van der Waals surface area contributed by atoms with Crippen molar-refractivity contribution in [3.05, 3.63) is 40.2 Å². The fourth-order valence-electron chi connectivity index (χ4n) is 2.66. The van der Waals surface area contributed by atoms with Crippen molar-refractivity contribution in [2.75, 3.05) is 13.2 Å². The number of hydrogen-bond donors (Lipinski definition) is 1. The average molecular weight is 257 g/mol. The van der Waals surface area contributed by atoms with Crippen molar-refractivity contribution < 1.29 is 4.74 Å². The maximum absolute atomic E-state index is 5.71. The lowest BCUT2D eigenvalue weighted by Crippen LogP contribution is -2.28. The van der Waals surface area contributed by atoms with Gasteiger partial charge in [0.2, 0.25) is 0 Å². The second kappa shape index (κ2) is 5.05. The monoisotopic (exact) mass is 257 g/mol. The quantitative estimate of drug-likeness (QED) is 0.832. The van der Waals surface area contributed by atoms with Crippen LogP contribution in [-0.4, -0.2) is 22.9 Å². The van der Waals surface area contributed by atoms with E-state index >= 15 is 0 Å². The minimum Gasteiger partial charge on any atom is -0.493 e. The zero-order chi connectivity index (χ0) is 13.2. The molecule has 1 aromatic heterocycles. The van der Waals surface area contributed by atoms with Crippen molar-refractivity contribution in [2.24, 2.45) is 5.73 Å². The van der Waals surface area contributed by atoms with Gasteiger partial charge in [-0.3, -0.25) is 4.68 Å². The molecule has 2 aliphatic carbocycles. The number of ether oxygens (including phenoxy) is 1. The topological polar surface area (TPSA) is 53.1 Å². The Balaban J connectivity index is 2.08. The largest absolute Gasteiger partial charge is 0.493 e. The minimum absolute atomic E-state index is 0.694. The molecule has 1 aromatic rings. The van der Waals surface area contributed by atoms with Crippen LogP contribution in [0.5, 0.6) is 0 Å². The van der Waals surface area contributed by atoms with Crippen LogP contribution in [0, 0.1) is 0 Å². The van der Waals surface area contributed by atoms with Gasteiger partial charge in [-0.15, -0.1) is 0 Å². The molecule has 0 radical (unpaired) electrons. The van der Waals surface area contributed by atoms with E-state index in [1.165, 1.54) is 21.7 Å². The van der Waals surface area contributed by atoms with Gasteiger partial charge < -0.3 is 10.5 Å². The molecule has 3 rings (SSSR count). The first-order valence-corrected chi connectivity index (χ1v) is 6.86. The summed E-state index contributed by atoms with van der Waals surface area (Å²) in [5, 5.41) is 6.90. The summed E-state index contributed by atoms with van der Waals surface area (Å²) in [6.07, 6.45) is 10.3. The van der Waals surface area contributed by atoms with Crippen molar-refractivity contribution in [3.8, 4) is 0 Å². The Hall–Kier alpha value is -1.81. The third-order valence-corrected chi connectivity index (χ3v) is 3.54. The lowest BCUT2D eigenvalue weighted by Gasteiger charge is -2.14. The van der Waals surface area contributed by atoms with E-state index in [2.05, 4.69) is 23.3 Å². The lowest BCUT2D eigenvalue weighted by atomic mass is 9.99.